The minimum Gasteiger partial charge on any atom is -0.377 e. The molecule has 0 rings (SSSR count). The molecule has 0 aliphatic rings. The average Bonchev–Trinajstić information content (AvgIpc) is 2.28. The van der Waals surface area contributed by atoms with Crippen LogP contribution in [0.4, 0.5) is 0 Å². The molecule has 0 heterocycles. The fourth-order valence-electron chi connectivity index (χ4n) is 1.15. The molecule has 0 aliphatic heterocycles. The summed E-state index contributed by atoms with van der Waals surface area (Å²) in [6.45, 7) is 10.7. The van der Waals surface area contributed by atoms with Crippen molar-refractivity contribution < 1.29 is 14.6 Å². The Kier molecular flexibility index (Phi) is 8.28. The van der Waals surface area contributed by atoms with Gasteiger partial charge < -0.3 is 9.47 Å². The summed E-state index contributed by atoms with van der Waals surface area (Å²) in [5, 5.41) is 11.2. The molecular weight excluding hydrogens is 192 g/mol. The van der Waals surface area contributed by atoms with Gasteiger partial charge >= 0.3 is 0 Å². The molecule has 0 aromatic heterocycles. The van der Waals surface area contributed by atoms with Gasteiger partial charge in [-0.1, -0.05) is 19.1 Å². The molecule has 0 bridgehead atoms. The van der Waals surface area contributed by atoms with Gasteiger partial charge in [0.05, 0.1) is 33.0 Å². The SMILES string of the molecule is C=CCOCC(CC)(C[O])COCC=C. The first-order valence-electron chi connectivity index (χ1n) is 5.20. The minimum atomic E-state index is -0.411. The monoisotopic (exact) mass is 213 g/mol. The highest BCUT2D eigenvalue weighted by Crippen LogP contribution is 2.22. The normalized spacial score (nSPS) is 11.3. The van der Waals surface area contributed by atoms with Crippen LogP contribution in [-0.2, 0) is 14.6 Å². The molecule has 3 heteroatoms. The van der Waals surface area contributed by atoms with Gasteiger partial charge in [-0.3, -0.25) is 0 Å². The Balaban J connectivity index is 4.03. The molecule has 0 atom stereocenters. The van der Waals surface area contributed by atoms with E-state index < -0.39 is 5.41 Å². The standard InChI is InChI=1S/C12H21O3/c1-4-7-14-10-12(6-3,9-13)11-15-8-5-2/h4-5H,1-2,6-11H2,3H3. The first-order chi connectivity index (χ1) is 7.24. The van der Waals surface area contributed by atoms with Crippen LogP contribution in [0.2, 0.25) is 0 Å². The van der Waals surface area contributed by atoms with Gasteiger partial charge in [0.2, 0.25) is 0 Å². The number of hydrogen-bond acceptors (Lipinski definition) is 2. The lowest BCUT2D eigenvalue weighted by Crippen LogP contribution is -2.35. The third-order valence-corrected chi connectivity index (χ3v) is 2.34. The molecule has 0 spiro atoms. The zero-order chi connectivity index (χ0) is 11.6. The second-order valence-corrected chi connectivity index (χ2v) is 3.61. The van der Waals surface area contributed by atoms with Crippen LogP contribution in [-0.4, -0.2) is 33.0 Å². The zero-order valence-corrected chi connectivity index (χ0v) is 9.54. The van der Waals surface area contributed by atoms with Crippen LogP contribution in [0, 0.1) is 5.41 Å². The molecule has 0 aliphatic carbocycles. The van der Waals surface area contributed by atoms with Crippen LogP contribution >= 0.6 is 0 Å². The lowest BCUT2D eigenvalue weighted by molar-refractivity contribution is -0.0590. The Morgan fingerprint density at radius 3 is 1.87 bits per heavy atom. The summed E-state index contributed by atoms with van der Waals surface area (Å²) in [5.41, 5.74) is -0.411. The molecule has 3 nitrogen and oxygen atoms in total. The molecular formula is C12H21O3. The van der Waals surface area contributed by atoms with Crippen molar-refractivity contribution in [2.45, 2.75) is 13.3 Å². The van der Waals surface area contributed by atoms with Crippen molar-refractivity contribution in [1.82, 2.24) is 0 Å². The van der Waals surface area contributed by atoms with E-state index in [2.05, 4.69) is 13.2 Å². The Hall–Kier alpha value is -0.640. The van der Waals surface area contributed by atoms with Crippen molar-refractivity contribution >= 4 is 0 Å². The van der Waals surface area contributed by atoms with Gasteiger partial charge in [-0.2, -0.15) is 0 Å². The Labute approximate surface area is 92.4 Å². The van der Waals surface area contributed by atoms with Gasteiger partial charge in [0.15, 0.2) is 0 Å². The van der Waals surface area contributed by atoms with E-state index in [1.807, 2.05) is 6.92 Å². The molecule has 0 N–H and O–H groups in total. The summed E-state index contributed by atoms with van der Waals surface area (Å²) < 4.78 is 10.7. The van der Waals surface area contributed by atoms with Crippen LogP contribution in [0.15, 0.2) is 25.3 Å². The predicted octanol–water partition coefficient (Wildman–Crippen LogP) is 2.22. The Bertz CT molecular complexity index is 158. The van der Waals surface area contributed by atoms with Gasteiger partial charge in [0.25, 0.3) is 0 Å². The van der Waals surface area contributed by atoms with Gasteiger partial charge in [0, 0.05) is 5.41 Å². The quantitative estimate of drug-likeness (QED) is 0.412. The molecule has 15 heavy (non-hydrogen) atoms. The second-order valence-electron chi connectivity index (χ2n) is 3.61. The van der Waals surface area contributed by atoms with Gasteiger partial charge in [0.1, 0.15) is 0 Å². The zero-order valence-electron chi connectivity index (χ0n) is 9.54. The topological polar surface area (TPSA) is 38.4 Å². The van der Waals surface area contributed by atoms with E-state index in [9.17, 15) is 5.11 Å². The molecule has 1 radical (unpaired) electrons. The van der Waals surface area contributed by atoms with E-state index in [1.165, 1.54) is 0 Å². The van der Waals surface area contributed by atoms with Crippen molar-refractivity contribution in [3.63, 3.8) is 0 Å². The second kappa shape index (κ2) is 8.65. The largest absolute Gasteiger partial charge is 0.377 e. The maximum Gasteiger partial charge on any atom is 0.0922 e. The molecule has 0 aromatic rings. The van der Waals surface area contributed by atoms with Crippen LogP contribution in [0.5, 0.6) is 0 Å². The molecule has 0 fully saturated rings. The van der Waals surface area contributed by atoms with Crippen LogP contribution in [0.25, 0.3) is 0 Å². The summed E-state index contributed by atoms with van der Waals surface area (Å²) in [6.07, 6.45) is 4.11. The third kappa shape index (κ3) is 5.72. The van der Waals surface area contributed by atoms with E-state index >= 15 is 0 Å². The summed E-state index contributed by atoms with van der Waals surface area (Å²) in [4.78, 5) is 0. The molecule has 0 amide bonds. The van der Waals surface area contributed by atoms with Crippen LogP contribution in [0.1, 0.15) is 13.3 Å². The lowest BCUT2D eigenvalue weighted by Gasteiger charge is -2.28. The average molecular weight is 213 g/mol. The van der Waals surface area contributed by atoms with Crippen molar-refractivity contribution in [2.75, 3.05) is 33.0 Å². The maximum absolute atomic E-state index is 11.2. The Morgan fingerprint density at radius 1 is 1.13 bits per heavy atom. The molecule has 0 saturated carbocycles. The summed E-state index contributed by atoms with van der Waals surface area (Å²) >= 11 is 0. The lowest BCUT2D eigenvalue weighted by atomic mass is 9.88. The summed E-state index contributed by atoms with van der Waals surface area (Å²) in [5.74, 6) is 0. The van der Waals surface area contributed by atoms with Gasteiger partial charge in [-0.05, 0) is 6.42 Å². The van der Waals surface area contributed by atoms with Crippen molar-refractivity contribution in [1.29, 1.82) is 0 Å². The molecule has 0 aromatic carbocycles. The summed E-state index contributed by atoms with van der Waals surface area (Å²) in [7, 11) is 0. The predicted molar refractivity (Wildman–Crippen MR) is 60.3 cm³/mol. The molecule has 0 unspecified atom stereocenters. The highest BCUT2D eigenvalue weighted by Gasteiger charge is 2.28. The number of rotatable bonds is 10. The van der Waals surface area contributed by atoms with E-state index in [4.69, 9.17) is 9.47 Å². The fourth-order valence-corrected chi connectivity index (χ4v) is 1.15. The van der Waals surface area contributed by atoms with Crippen molar-refractivity contribution in [2.24, 2.45) is 5.41 Å². The van der Waals surface area contributed by atoms with Crippen molar-refractivity contribution in [3.05, 3.63) is 25.3 Å². The van der Waals surface area contributed by atoms with Gasteiger partial charge in [-0.25, -0.2) is 5.11 Å². The molecule has 87 valence electrons. The van der Waals surface area contributed by atoms with E-state index in [-0.39, 0.29) is 6.61 Å². The number of hydrogen-bond donors (Lipinski definition) is 0. The van der Waals surface area contributed by atoms with Crippen molar-refractivity contribution in [3.8, 4) is 0 Å². The maximum atomic E-state index is 11.2. The summed E-state index contributed by atoms with van der Waals surface area (Å²) in [6, 6.07) is 0. The minimum absolute atomic E-state index is 0.183. The first-order valence-corrected chi connectivity index (χ1v) is 5.20. The van der Waals surface area contributed by atoms with E-state index in [1.54, 1.807) is 12.2 Å². The smallest absolute Gasteiger partial charge is 0.0922 e. The Morgan fingerprint density at radius 2 is 1.60 bits per heavy atom. The van der Waals surface area contributed by atoms with Crippen LogP contribution in [0.3, 0.4) is 0 Å². The van der Waals surface area contributed by atoms with Crippen LogP contribution < -0.4 is 0 Å². The van der Waals surface area contributed by atoms with Gasteiger partial charge in [-0.15, -0.1) is 13.2 Å². The first kappa shape index (κ1) is 14.4. The highest BCUT2D eigenvalue weighted by molar-refractivity contribution is 4.78. The van der Waals surface area contributed by atoms with E-state index in [0.717, 1.165) is 6.42 Å². The van der Waals surface area contributed by atoms with E-state index in [0.29, 0.717) is 26.4 Å². The fraction of sp³-hybridized carbons (Fsp3) is 0.667. The molecule has 0 saturated heterocycles. The number of ether oxygens (including phenoxy) is 2. The highest BCUT2D eigenvalue weighted by atomic mass is 16.5. The third-order valence-electron chi connectivity index (χ3n) is 2.34.